The highest BCUT2D eigenvalue weighted by molar-refractivity contribution is 5.82. The van der Waals surface area contributed by atoms with E-state index in [-0.39, 0.29) is 23.8 Å². The number of benzene rings is 1. The number of aromatic nitrogens is 3. The molecule has 36 heavy (non-hydrogen) atoms. The van der Waals surface area contributed by atoms with Gasteiger partial charge >= 0.3 is 0 Å². The maximum Gasteiger partial charge on any atom is 0.229 e. The van der Waals surface area contributed by atoms with E-state index < -0.39 is 11.6 Å². The second-order valence-corrected chi connectivity index (χ2v) is 8.83. The number of rotatable bonds is 5. The molecule has 2 aliphatic rings. The average molecular weight is 499 g/mol. The first-order valence-electron chi connectivity index (χ1n) is 12.0. The molecule has 0 saturated carbocycles. The Hall–Kier alpha value is -3.57. The first-order chi connectivity index (χ1) is 17.4. The lowest BCUT2D eigenvalue weighted by Crippen LogP contribution is -2.43. The molecule has 1 saturated heterocycles. The standard InChI is InChI=1S/C24H28F2N8.CH4O/c1-14(2)34-15(3)30-23-18(25)10-16(11-20(23)34)22-19(26)13-29-24(32-22)31-21-5-4-17(12-28-21)33-8-6-27-7-9-33;1-2/h4-5,10-15,27,30H,6-9H2,1-3H3,(H,28,29,31,32);2H,1H3. The highest BCUT2D eigenvalue weighted by Crippen LogP contribution is 2.41. The Morgan fingerprint density at radius 3 is 2.47 bits per heavy atom. The van der Waals surface area contributed by atoms with Crippen LogP contribution in [0.5, 0.6) is 0 Å². The number of aliphatic hydroxyl groups excluding tert-OH is 1. The molecule has 2 aromatic heterocycles. The fraction of sp³-hybridized carbons (Fsp3) is 0.400. The minimum Gasteiger partial charge on any atom is -0.400 e. The van der Waals surface area contributed by atoms with E-state index in [0.29, 0.717) is 22.8 Å². The molecule has 0 spiro atoms. The van der Waals surface area contributed by atoms with E-state index >= 15 is 0 Å². The summed E-state index contributed by atoms with van der Waals surface area (Å²) in [7, 11) is 1.00. The number of piperazine rings is 1. The summed E-state index contributed by atoms with van der Waals surface area (Å²) in [5.74, 6) is -0.338. The van der Waals surface area contributed by atoms with Crippen LogP contribution in [0.15, 0.2) is 36.7 Å². The fourth-order valence-electron chi connectivity index (χ4n) is 4.60. The molecule has 192 valence electrons. The minimum atomic E-state index is -0.623. The van der Waals surface area contributed by atoms with Gasteiger partial charge in [-0.2, -0.15) is 0 Å². The van der Waals surface area contributed by atoms with Crippen LogP contribution in [0.4, 0.5) is 37.6 Å². The van der Waals surface area contributed by atoms with Crippen molar-refractivity contribution in [2.45, 2.75) is 33.0 Å². The molecule has 1 atom stereocenters. The van der Waals surface area contributed by atoms with Crippen molar-refractivity contribution in [2.75, 3.05) is 53.7 Å². The van der Waals surface area contributed by atoms with Crippen molar-refractivity contribution >= 4 is 28.8 Å². The molecule has 0 amide bonds. The minimum absolute atomic E-state index is 0.0277. The van der Waals surface area contributed by atoms with Crippen molar-refractivity contribution in [1.29, 1.82) is 0 Å². The molecular formula is C25H32F2N8O. The highest BCUT2D eigenvalue weighted by Gasteiger charge is 2.31. The number of aliphatic hydroxyl groups is 1. The van der Waals surface area contributed by atoms with Crippen molar-refractivity contribution in [3.05, 3.63) is 48.3 Å². The lowest BCUT2D eigenvalue weighted by molar-refractivity contribution is 0.399. The van der Waals surface area contributed by atoms with E-state index in [1.165, 1.54) is 6.07 Å². The molecule has 11 heteroatoms. The van der Waals surface area contributed by atoms with Crippen molar-refractivity contribution in [3.8, 4) is 11.3 Å². The van der Waals surface area contributed by atoms with Gasteiger partial charge in [0, 0.05) is 44.9 Å². The zero-order valence-electron chi connectivity index (χ0n) is 20.9. The van der Waals surface area contributed by atoms with Crippen molar-refractivity contribution < 1.29 is 13.9 Å². The summed E-state index contributed by atoms with van der Waals surface area (Å²) in [6, 6.07) is 7.03. The fourth-order valence-corrected chi connectivity index (χ4v) is 4.60. The van der Waals surface area contributed by atoms with Crippen LogP contribution >= 0.6 is 0 Å². The van der Waals surface area contributed by atoms with Crippen LogP contribution in [0.2, 0.25) is 0 Å². The lowest BCUT2D eigenvalue weighted by Gasteiger charge is -2.29. The molecule has 9 nitrogen and oxygen atoms in total. The number of anilines is 5. The van der Waals surface area contributed by atoms with Gasteiger partial charge in [-0.1, -0.05) is 0 Å². The van der Waals surface area contributed by atoms with Gasteiger partial charge in [-0.15, -0.1) is 0 Å². The lowest BCUT2D eigenvalue weighted by atomic mass is 10.1. The number of hydrogen-bond donors (Lipinski definition) is 4. The van der Waals surface area contributed by atoms with Crippen LogP contribution in [0.3, 0.4) is 0 Å². The van der Waals surface area contributed by atoms with E-state index in [1.54, 1.807) is 12.3 Å². The van der Waals surface area contributed by atoms with Crippen molar-refractivity contribution in [3.63, 3.8) is 0 Å². The van der Waals surface area contributed by atoms with E-state index in [9.17, 15) is 8.78 Å². The topological polar surface area (TPSA) is 101 Å². The summed E-state index contributed by atoms with van der Waals surface area (Å²) in [4.78, 5) is 17.2. The summed E-state index contributed by atoms with van der Waals surface area (Å²) in [6.45, 7) is 9.78. The Balaban J connectivity index is 0.00000148. The Kier molecular flexibility index (Phi) is 7.80. The van der Waals surface area contributed by atoms with Crippen molar-refractivity contribution in [2.24, 2.45) is 0 Å². The summed E-state index contributed by atoms with van der Waals surface area (Å²) < 4.78 is 29.7. The molecule has 0 radical (unpaired) electrons. The Bertz CT molecular complexity index is 1190. The van der Waals surface area contributed by atoms with Crippen LogP contribution in [-0.4, -0.2) is 65.6 Å². The molecule has 5 rings (SSSR count). The molecule has 2 aliphatic heterocycles. The van der Waals surface area contributed by atoms with Crippen LogP contribution in [-0.2, 0) is 0 Å². The molecule has 0 aliphatic carbocycles. The maximum absolute atomic E-state index is 14.9. The quantitative estimate of drug-likeness (QED) is 0.421. The monoisotopic (exact) mass is 498 g/mol. The summed E-state index contributed by atoms with van der Waals surface area (Å²) in [5.41, 5.74) is 2.53. The first kappa shape index (κ1) is 25.5. The molecule has 4 heterocycles. The summed E-state index contributed by atoms with van der Waals surface area (Å²) in [5, 5.41) is 16.5. The summed E-state index contributed by atoms with van der Waals surface area (Å²) in [6.07, 6.45) is 2.82. The predicted octanol–water partition coefficient (Wildman–Crippen LogP) is 3.56. The van der Waals surface area contributed by atoms with Crippen molar-refractivity contribution in [1.82, 2.24) is 20.3 Å². The second kappa shape index (κ2) is 11.0. The average Bonchev–Trinajstić information content (AvgIpc) is 3.24. The Labute approximate surface area is 209 Å². The maximum atomic E-state index is 14.9. The van der Waals surface area contributed by atoms with Gasteiger partial charge in [0.1, 0.15) is 17.3 Å². The van der Waals surface area contributed by atoms with Gasteiger partial charge in [-0.25, -0.2) is 23.7 Å². The SMILES string of the molecule is CC(C)N1c2cc(-c3nc(Nc4ccc(N5CCNCC5)cn4)ncc3F)cc(F)c2NC1C.CO. The van der Waals surface area contributed by atoms with Crippen LogP contribution < -0.4 is 25.8 Å². The van der Waals surface area contributed by atoms with Crippen LogP contribution in [0, 0.1) is 11.6 Å². The molecule has 3 aromatic rings. The Morgan fingerprint density at radius 2 is 1.81 bits per heavy atom. The number of pyridine rings is 1. The largest absolute Gasteiger partial charge is 0.400 e. The van der Waals surface area contributed by atoms with E-state index in [4.69, 9.17) is 5.11 Å². The first-order valence-corrected chi connectivity index (χ1v) is 12.0. The van der Waals surface area contributed by atoms with Gasteiger partial charge in [-0.05, 0) is 45.0 Å². The number of nitrogens with zero attached hydrogens (tertiary/aromatic N) is 5. The van der Waals surface area contributed by atoms with Gasteiger partial charge in [0.05, 0.1) is 35.6 Å². The molecule has 0 bridgehead atoms. The van der Waals surface area contributed by atoms with E-state index in [2.05, 4.69) is 40.7 Å². The molecule has 4 N–H and O–H groups in total. The zero-order valence-corrected chi connectivity index (χ0v) is 20.9. The van der Waals surface area contributed by atoms with Gasteiger partial charge in [0.15, 0.2) is 5.82 Å². The van der Waals surface area contributed by atoms with Gasteiger partial charge in [0.2, 0.25) is 5.95 Å². The number of halogens is 2. The zero-order chi connectivity index (χ0) is 25.8. The highest BCUT2D eigenvalue weighted by atomic mass is 19.1. The third-order valence-electron chi connectivity index (χ3n) is 6.16. The Morgan fingerprint density at radius 1 is 1.06 bits per heavy atom. The van der Waals surface area contributed by atoms with Crippen LogP contribution in [0.25, 0.3) is 11.3 Å². The normalized spacial score (nSPS) is 16.8. The van der Waals surface area contributed by atoms with Crippen LogP contribution in [0.1, 0.15) is 20.8 Å². The molecule has 1 fully saturated rings. The van der Waals surface area contributed by atoms with Gasteiger partial charge in [-0.3, -0.25) is 0 Å². The second-order valence-electron chi connectivity index (χ2n) is 8.83. The predicted molar refractivity (Wildman–Crippen MR) is 139 cm³/mol. The molecular weight excluding hydrogens is 466 g/mol. The third-order valence-corrected chi connectivity index (χ3v) is 6.16. The van der Waals surface area contributed by atoms with Gasteiger partial charge < -0.3 is 30.9 Å². The van der Waals surface area contributed by atoms with E-state index in [1.807, 2.05) is 32.9 Å². The molecule has 1 aromatic carbocycles. The van der Waals surface area contributed by atoms with E-state index in [0.717, 1.165) is 45.2 Å². The van der Waals surface area contributed by atoms with Gasteiger partial charge in [0.25, 0.3) is 0 Å². The molecule has 1 unspecified atom stereocenters. The number of hydrogen-bond acceptors (Lipinski definition) is 9. The third kappa shape index (κ3) is 5.17. The summed E-state index contributed by atoms with van der Waals surface area (Å²) >= 11 is 0. The number of nitrogens with one attached hydrogen (secondary N) is 3. The smallest absolute Gasteiger partial charge is 0.229 e. The number of fused-ring (bicyclic) bond motifs is 1.